The molecule has 6 heteroatoms. The minimum atomic E-state index is -0.338. The number of carbonyl (C=O) groups excluding carboxylic acids is 1. The number of nitrogens with one attached hydrogen (secondary N) is 2. The summed E-state index contributed by atoms with van der Waals surface area (Å²) in [6.45, 7) is 2.89. The summed E-state index contributed by atoms with van der Waals surface area (Å²) in [6, 6.07) is 15.1. The van der Waals surface area contributed by atoms with E-state index < -0.39 is 0 Å². The zero-order valence-corrected chi connectivity index (χ0v) is 15.9. The van der Waals surface area contributed by atoms with E-state index >= 15 is 0 Å². The molecule has 0 aliphatic heterocycles. The molecule has 0 saturated carbocycles. The van der Waals surface area contributed by atoms with Crippen LogP contribution in [0.1, 0.15) is 29.3 Å². The van der Waals surface area contributed by atoms with Gasteiger partial charge >= 0.3 is 5.97 Å². The molecule has 0 fully saturated rings. The molecule has 0 amide bonds. The molecule has 0 aromatic heterocycles. The van der Waals surface area contributed by atoms with Gasteiger partial charge in [-0.2, -0.15) is 0 Å². The summed E-state index contributed by atoms with van der Waals surface area (Å²) in [5.41, 5.74) is 2.51. The van der Waals surface area contributed by atoms with E-state index in [4.69, 9.17) is 21.7 Å². The normalized spacial score (nSPS) is 10.1. The van der Waals surface area contributed by atoms with Crippen LogP contribution in [0.5, 0.6) is 5.75 Å². The van der Waals surface area contributed by atoms with E-state index in [1.807, 2.05) is 18.2 Å². The number of anilines is 1. The van der Waals surface area contributed by atoms with Gasteiger partial charge in [0, 0.05) is 12.2 Å². The maximum atomic E-state index is 11.8. The minimum Gasteiger partial charge on any atom is -0.497 e. The van der Waals surface area contributed by atoms with Crippen molar-refractivity contribution in [3.63, 3.8) is 0 Å². The summed E-state index contributed by atoms with van der Waals surface area (Å²) < 4.78 is 10.2. The first-order chi connectivity index (χ1) is 12.6. The molecule has 0 radical (unpaired) electrons. The largest absolute Gasteiger partial charge is 0.497 e. The van der Waals surface area contributed by atoms with Gasteiger partial charge in [0.05, 0.1) is 19.3 Å². The van der Waals surface area contributed by atoms with Crippen molar-refractivity contribution >= 4 is 29.0 Å². The van der Waals surface area contributed by atoms with Gasteiger partial charge in [-0.05, 0) is 67.9 Å². The van der Waals surface area contributed by atoms with Gasteiger partial charge in [0.1, 0.15) is 5.75 Å². The maximum absolute atomic E-state index is 11.8. The number of rotatable bonds is 8. The second-order valence-corrected chi connectivity index (χ2v) is 6.04. The first-order valence-corrected chi connectivity index (χ1v) is 8.98. The van der Waals surface area contributed by atoms with Crippen molar-refractivity contribution in [2.45, 2.75) is 19.8 Å². The van der Waals surface area contributed by atoms with Crippen LogP contribution in [0.2, 0.25) is 0 Å². The van der Waals surface area contributed by atoms with E-state index in [1.165, 1.54) is 5.56 Å². The third-order valence-corrected chi connectivity index (χ3v) is 3.96. The summed E-state index contributed by atoms with van der Waals surface area (Å²) >= 11 is 5.30. The topological polar surface area (TPSA) is 59.6 Å². The third kappa shape index (κ3) is 6.37. The van der Waals surface area contributed by atoms with Gasteiger partial charge in [-0.3, -0.25) is 0 Å². The van der Waals surface area contributed by atoms with Gasteiger partial charge in [-0.15, -0.1) is 0 Å². The molecule has 0 spiro atoms. The SMILES string of the molecule is CCOC(=O)c1cccc(NC(=S)NCCCc2ccc(OC)cc2)c1. The number of carbonyl (C=O) groups is 1. The second kappa shape index (κ2) is 10.4. The zero-order chi connectivity index (χ0) is 18.8. The van der Waals surface area contributed by atoms with Gasteiger partial charge in [0.15, 0.2) is 5.11 Å². The lowest BCUT2D eigenvalue weighted by Gasteiger charge is -2.11. The maximum Gasteiger partial charge on any atom is 0.338 e. The van der Waals surface area contributed by atoms with E-state index in [9.17, 15) is 4.79 Å². The highest BCUT2D eigenvalue weighted by atomic mass is 32.1. The lowest BCUT2D eigenvalue weighted by Crippen LogP contribution is -2.29. The molecule has 26 heavy (non-hydrogen) atoms. The molecule has 5 nitrogen and oxygen atoms in total. The van der Waals surface area contributed by atoms with Crippen molar-refractivity contribution < 1.29 is 14.3 Å². The van der Waals surface area contributed by atoms with E-state index in [2.05, 4.69) is 22.8 Å². The van der Waals surface area contributed by atoms with Gasteiger partial charge in [-0.25, -0.2) is 4.79 Å². The molecule has 138 valence electrons. The fourth-order valence-corrected chi connectivity index (χ4v) is 2.62. The van der Waals surface area contributed by atoms with E-state index in [1.54, 1.807) is 32.2 Å². The molecule has 0 aliphatic rings. The standard InChI is InChI=1S/C20H24N2O3S/c1-3-25-19(23)16-7-4-8-17(14-16)22-20(26)21-13-5-6-15-9-11-18(24-2)12-10-15/h4,7-12,14H,3,5-6,13H2,1-2H3,(H2,21,22,26). The molecule has 0 saturated heterocycles. The Hall–Kier alpha value is -2.60. The summed E-state index contributed by atoms with van der Waals surface area (Å²) in [4.78, 5) is 11.8. The summed E-state index contributed by atoms with van der Waals surface area (Å²) in [6.07, 6.45) is 1.91. The van der Waals surface area contributed by atoms with E-state index in [0.29, 0.717) is 17.3 Å². The number of hydrogen-bond acceptors (Lipinski definition) is 4. The molecule has 0 unspecified atom stereocenters. The highest BCUT2D eigenvalue weighted by Gasteiger charge is 2.07. The Morgan fingerprint density at radius 2 is 1.92 bits per heavy atom. The number of aryl methyl sites for hydroxylation is 1. The Kier molecular flexibility index (Phi) is 7.89. The van der Waals surface area contributed by atoms with Crippen LogP contribution in [-0.4, -0.2) is 31.3 Å². The average molecular weight is 372 g/mol. The monoisotopic (exact) mass is 372 g/mol. The smallest absolute Gasteiger partial charge is 0.338 e. The summed E-state index contributed by atoms with van der Waals surface area (Å²) in [7, 11) is 1.66. The van der Waals surface area contributed by atoms with Crippen molar-refractivity contribution in [1.82, 2.24) is 5.32 Å². The molecular formula is C20H24N2O3S. The van der Waals surface area contributed by atoms with Crippen LogP contribution < -0.4 is 15.4 Å². The van der Waals surface area contributed by atoms with E-state index in [-0.39, 0.29) is 5.97 Å². The Morgan fingerprint density at radius 3 is 2.62 bits per heavy atom. The highest BCUT2D eigenvalue weighted by molar-refractivity contribution is 7.80. The number of methoxy groups -OCH3 is 1. The highest BCUT2D eigenvalue weighted by Crippen LogP contribution is 2.13. The lowest BCUT2D eigenvalue weighted by atomic mass is 10.1. The molecule has 2 aromatic carbocycles. The van der Waals surface area contributed by atoms with Crippen LogP contribution in [0, 0.1) is 0 Å². The molecule has 0 aliphatic carbocycles. The first-order valence-electron chi connectivity index (χ1n) is 8.57. The molecule has 0 bridgehead atoms. The number of ether oxygens (including phenoxy) is 2. The first kappa shape index (κ1) is 19.7. The van der Waals surface area contributed by atoms with Crippen LogP contribution >= 0.6 is 12.2 Å². The van der Waals surface area contributed by atoms with E-state index in [0.717, 1.165) is 30.8 Å². The van der Waals surface area contributed by atoms with Crippen molar-refractivity contribution in [3.05, 3.63) is 59.7 Å². The van der Waals surface area contributed by atoms with Crippen molar-refractivity contribution in [3.8, 4) is 5.75 Å². The zero-order valence-electron chi connectivity index (χ0n) is 15.1. The minimum absolute atomic E-state index is 0.338. The molecule has 2 aromatic rings. The molecule has 2 N–H and O–H groups in total. The van der Waals surface area contributed by atoms with Crippen molar-refractivity contribution in [2.24, 2.45) is 0 Å². The molecule has 0 heterocycles. The van der Waals surface area contributed by atoms with Crippen LogP contribution in [0.25, 0.3) is 0 Å². The molecular weight excluding hydrogens is 348 g/mol. The second-order valence-electron chi connectivity index (χ2n) is 5.63. The Balaban J connectivity index is 1.74. The van der Waals surface area contributed by atoms with Gasteiger partial charge in [0.25, 0.3) is 0 Å². The predicted octanol–water partition coefficient (Wildman–Crippen LogP) is 3.79. The van der Waals surface area contributed by atoms with Gasteiger partial charge < -0.3 is 20.1 Å². The van der Waals surface area contributed by atoms with Crippen LogP contribution in [-0.2, 0) is 11.2 Å². The van der Waals surface area contributed by atoms with Gasteiger partial charge in [0.2, 0.25) is 0 Å². The van der Waals surface area contributed by atoms with Crippen molar-refractivity contribution in [2.75, 3.05) is 25.6 Å². The quantitative estimate of drug-likeness (QED) is 0.418. The Bertz CT molecular complexity index is 732. The number of thiocarbonyl (C=S) groups is 1. The van der Waals surface area contributed by atoms with Crippen LogP contribution in [0.4, 0.5) is 5.69 Å². The Morgan fingerprint density at radius 1 is 1.15 bits per heavy atom. The number of benzene rings is 2. The fraction of sp³-hybridized carbons (Fsp3) is 0.300. The number of hydrogen-bond donors (Lipinski definition) is 2. The third-order valence-electron chi connectivity index (χ3n) is 3.72. The molecule has 0 atom stereocenters. The van der Waals surface area contributed by atoms with Crippen LogP contribution in [0.3, 0.4) is 0 Å². The summed E-state index contributed by atoms with van der Waals surface area (Å²) in [5.74, 6) is 0.525. The molecule has 2 rings (SSSR count). The number of esters is 1. The average Bonchev–Trinajstić information content (AvgIpc) is 2.66. The van der Waals surface area contributed by atoms with Crippen molar-refractivity contribution in [1.29, 1.82) is 0 Å². The lowest BCUT2D eigenvalue weighted by molar-refractivity contribution is 0.0526. The van der Waals surface area contributed by atoms with Gasteiger partial charge in [-0.1, -0.05) is 18.2 Å². The van der Waals surface area contributed by atoms with Crippen LogP contribution in [0.15, 0.2) is 48.5 Å². The fourth-order valence-electron chi connectivity index (χ4n) is 2.40. The Labute approximate surface area is 159 Å². The predicted molar refractivity (Wildman–Crippen MR) is 108 cm³/mol. The summed E-state index contributed by atoms with van der Waals surface area (Å²) in [5, 5.41) is 6.79.